The third kappa shape index (κ3) is 4.42. The first kappa shape index (κ1) is 15.3. The monoisotopic (exact) mass is 269 g/mol. The molecular weight excluding hydrogens is 250 g/mol. The van der Waals surface area contributed by atoms with Crippen LogP contribution in [0, 0.1) is 0 Å². The second-order valence-electron chi connectivity index (χ2n) is 4.21. The number of likely N-dealkylation sites (N-methyl/N-ethyl adjacent to an activating group) is 1. The highest BCUT2D eigenvalue weighted by molar-refractivity contribution is 5.69. The van der Waals surface area contributed by atoms with Gasteiger partial charge in [0.1, 0.15) is 11.5 Å². The summed E-state index contributed by atoms with van der Waals surface area (Å²) in [4.78, 5) is 12.1. The van der Waals surface area contributed by atoms with E-state index in [9.17, 15) is 9.90 Å². The predicted octanol–water partition coefficient (Wildman–Crippen LogP) is 0.754. The molecule has 0 radical (unpaired) electrons. The number of nitrogens with zero attached hydrogens (tertiary/aromatic N) is 1. The number of aliphatic hydroxyl groups excluding tert-OH is 1. The van der Waals surface area contributed by atoms with Gasteiger partial charge in [0.2, 0.25) is 0 Å². The minimum Gasteiger partial charge on any atom is -0.497 e. The second-order valence-corrected chi connectivity index (χ2v) is 4.21. The highest BCUT2D eigenvalue weighted by atomic mass is 16.5. The van der Waals surface area contributed by atoms with Gasteiger partial charge in [-0.2, -0.15) is 0 Å². The lowest BCUT2D eigenvalue weighted by molar-refractivity contribution is -0.138. The van der Waals surface area contributed by atoms with Crippen LogP contribution in [0.5, 0.6) is 11.5 Å². The first-order valence-corrected chi connectivity index (χ1v) is 5.78. The van der Waals surface area contributed by atoms with Gasteiger partial charge in [-0.3, -0.25) is 9.69 Å². The Morgan fingerprint density at radius 3 is 2.58 bits per heavy atom. The largest absolute Gasteiger partial charge is 0.497 e. The molecule has 1 rings (SSSR count). The average molecular weight is 269 g/mol. The van der Waals surface area contributed by atoms with Gasteiger partial charge in [-0.25, -0.2) is 0 Å². The summed E-state index contributed by atoms with van der Waals surface area (Å²) in [7, 11) is 4.68. The fourth-order valence-corrected chi connectivity index (χ4v) is 1.79. The van der Waals surface area contributed by atoms with E-state index in [1.165, 1.54) is 19.1 Å². The fraction of sp³-hybridized carbons (Fsp3) is 0.462. The van der Waals surface area contributed by atoms with E-state index >= 15 is 0 Å². The first-order chi connectivity index (χ1) is 8.97. The van der Waals surface area contributed by atoms with Crippen LogP contribution < -0.4 is 9.47 Å². The van der Waals surface area contributed by atoms with E-state index in [1.54, 1.807) is 25.2 Å². The number of methoxy groups -OCH3 is 2. The lowest BCUT2D eigenvalue weighted by Crippen LogP contribution is -2.30. The van der Waals surface area contributed by atoms with Crippen LogP contribution in [-0.2, 0) is 4.79 Å². The Balaban J connectivity index is 2.84. The molecule has 1 atom stereocenters. The molecule has 6 heteroatoms. The Morgan fingerprint density at radius 2 is 2.05 bits per heavy atom. The maximum Gasteiger partial charge on any atom is 0.317 e. The number of carbonyl (C=O) groups is 1. The van der Waals surface area contributed by atoms with Gasteiger partial charge in [0.05, 0.1) is 26.9 Å². The summed E-state index contributed by atoms with van der Waals surface area (Å²) < 4.78 is 10.3. The zero-order valence-electron chi connectivity index (χ0n) is 11.3. The van der Waals surface area contributed by atoms with Crippen LogP contribution in [0.15, 0.2) is 18.2 Å². The summed E-state index contributed by atoms with van der Waals surface area (Å²) in [5.41, 5.74) is 0.569. The minimum absolute atomic E-state index is 0.136. The number of ether oxygens (including phenoxy) is 2. The molecule has 0 spiro atoms. The molecule has 0 saturated heterocycles. The molecule has 0 amide bonds. The zero-order chi connectivity index (χ0) is 14.4. The van der Waals surface area contributed by atoms with E-state index in [2.05, 4.69) is 0 Å². The van der Waals surface area contributed by atoms with Crippen molar-refractivity contribution in [2.75, 3.05) is 34.4 Å². The lowest BCUT2D eigenvalue weighted by Gasteiger charge is -2.21. The average Bonchev–Trinajstić information content (AvgIpc) is 2.36. The number of rotatable bonds is 7. The van der Waals surface area contributed by atoms with Crippen molar-refractivity contribution in [2.24, 2.45) is 0 Å². The molecule has 0 fully saturated rings. The van der Waals surface area contributed by atoms with E-state index in [0.29, 0.717) is 17.1 Å². The number of carboxylic acids is 1. The van der Waals surface area contributed by atoms with E-state index < -0.39 is 12.1 Å². The Hall–Kier alpha value is -1.79. The smallest absolute Gasteiger partial charge is 0.317 e. The molecule has 1 unspecified atom stereocenters. The van der Waals surface area contributed by atoms with Gasteiger partial charge in [0.15, 0.2) is 0 Å². The van der Waals surface area contributed by atoms with Crippen LogP contribution in [-0.4, -0.2) is 55.4 Å². The molecule has 0 aliphatic rings. The third-order valence-corrected chi connectivity index (χ3v) is 2.69. The van der Waals surface area contributed by atoms with Crippen LogP contribution >= 0.6 is 0 Å². The number of hydrogen-bond donors (Lipinski definition) is 2. The van der Waals surface area contributed by atoms with E-state index in [-0.39, 0.29) is 13.1 Å². The number of benzene rings is 1. The number of hydrogen-bond acceptors (Lipinski definition) is 5. The molecule has 0 heterocycles. The van der Waals surface area contributed by atoms with Gasteiger partial charge in [-0.15, -0.1) is 0 Å². The Kier molecular flexibility index (Phi) is 5.59. The molecule has 1 aromatic rings. The topological polar surface area (TPSA) is 79.2 Å². The number of aliphatic carboxylic acids is 1. The fourth-order valence-electron chi connectivity index (χ4n) is 1.79. The summed E-state index contributed by atoms with van der Waals surface area (Å²) in [6.07, 6.45) is -0.852. The number of carboxylic acid groups (broad SMARTS) is 1. The van der Waals surface area contributed by atoms with Gasteiger partial charge < -0.3 is 19.7 Å². The van der Waals surface area contributed by atoms with Crippen molar-refractivity contribution < 1.29 is 24.5 Å². The molecule has 0 saturated carbocycles. The van der Waals surface area contributed by atoms with Gasteiger partial charge in [0, 0.05) is 12.1 Å². The maximum atomic E-state index is 10.6. The van der Waals surface area contributed by atoms with Crippen LogP contribution in [0.25, 0.3) is 0 Å². The van der Waals surface area contributed by atoms with Crippen LogP contribution in [0.2, 0.25) is 0 Å². The molecule has 6 nitrogen and oxygen atoms in total. The van der Waals surface area contributed by atoms with Gasteiger partial charge in [0.25, 0.3) is 0 Å². The molecule has 2 N–H and O–H groups in total. The first-order valence-electron chi connectivity index (χ1n) is 5.78. The summed E-state index contributed by atoms with van der Waals surface area (Å²) in [5, 5.41) is 18.8. The van der Waals surface area contributed by atoms with Gasteiger partial charge in [-0.1, -0.05) is 0 Å². The predicted molar refractivity (Wildman–Crippen MR) is 69.6 cm³/mol. The molecule has 1 aromatic carbocycles. The molecule has 0 aliphatic carbocycles. The summed E-state index contributed by atoms with van der Waals surface area (Å²) >= 11 is 0. The second kappa shape index (κ2) is 6.96. The van der Waals surface area contributed by atoms with Crippen molar-refractivity contribution in [3.05, 3.63) is 23.8 Å². The Labute approximate surface area is 112 Å². The van der Waals surface area contributed by atoms with Crippen molar-refractivity contribution >= 4 is 5.97 Å². The maximum absolute atomic E-state index is 10.6. The van der Waals surface area contributed by atoms with E-state index in [0.717, 1.165) is 0 Å². The zero-order valence-corrected chi connectivity index (χ0v) is 11.3. The lowest BCUT2D eigenvalue weighted by atomic mass is 10.1. The molecular formula is C13H19NO5. The molecule has 0 aliphatic heterocycles. The van der Waals surface area contributed by atoms with Crippen LogP contribution in [0.4, 0.5) is 0 Å². The van der Waals surface area contributed by atoms with E-state index in [1.807, 2.05) is 0 Å². The van der Waals surface area contributed by atoms with Crippen molar-refractivity contribution in [3.63, 3.8) is 0 Å². The Bertz CT molecular complexity index is 435. The van der Waals surface area contributed by atoms with Crippen LogP contribution in [0.3, 0.4) is 0 Å². The molecule has 19 heavy (non-hydrogen) atoms. The molecule has 0 aromatic heterocycles. The summed E-state index contributed by atoms with van der Waals surface area (Å²) in [5.74, 6) is 0.208. The normalized spacial score (nSPS) is 12.3. The quantitative estimate of drug-likeness (QED) is 0.760. The molecule has 106 valence electrons. The highest BCUT2D eigenvalue weighted by Crippen LogP contribution is 2.29. The van der Waals surface area contributed by atoms with Gasteiger partial charge in [-0.05, 0) is 25.2 Å². The number of aliphatic hydroxyl groups is 1. The van der Waals surface area contributed by atoms with Gasteiger partial charge >= 0.3 is 5.97 Å². The third-order valence-electron chi connectivity index (χ3n) is 2.69. The van der Waals surface area contributed by atoms with Crippen molar-refractivity contribution in [3.8, 4) is 11.5 Å². The SMILES string of the molecule is COc1ccc(OC)c(C(O)CN(C)CC(=O)O)c1. The standard InChI is InChI=1S/C13H19NO5/c1-14(8-13(16)17)7-11(15)10-6-9(18-2)4-5-12(10)19-3/h4-6,11,15H,7-8H2,1-3H3,(H,16,17). The minimum atomic E-state index is -0.938. The summed E-state index contributed by atoms with van der Waals surface area (Å²) in [6, 6.07) is 5.11. The molecule has 0 bridgehead atoms. The van der Waals surface area contributed by atoms with Crippen molar-refractivity contribution in [2.45, 2.75) is 6.10 Å². The van der Waals surface area contributed by atoms with Crippen LogP contribution in [0.1, 0.15) is 11.7 Å². The van der Waals surface area contributed by atoms with Crippen molar-refractivity contribution in [1.82, 2.24) is 4.90 Å². The summed E-state index contributed by atoms with van der Waals surface area (Å²) in [6.45, 7) is 0.0547. The van der Waals surface area contributed by atoms with Crippen molar-refractivity contribution in [1.29, 1.82) is 0 Å². The highest BCUT2D eigenvalue weighted by Gasteiger charge is 2.17. The Morgan fingerprint density at radius 1 is 1.37 bits per heavy atom. The van der Waals surface area contributed by atoms with E-state index in [4.69, 9.17) is 14.6 Å².